The molecule has 2 aromatic carbocycles. The van der Waals surface area contributed by atoms with Gasteiger partial charge >= 0.3 is 0 Å². The fourth-order valence-electron chi connectivity index (χ4n) is 3.01. The fraction of sp³-hybridized carbons (Fsp3) is 0.227. The van der Waals surface area contributed by atoms with Crippen LogP contribution in [-0.4, -0.2) is 38.1 Å². The van der Waals surface area contributed by atoms with Crippen molar-refractivity contribution in [2.75, 3.05) is 47.2 Å². The maximum Gasteiger partial charge on any atom is 0.267 e. The monoisotopic (exact) mass is 405 g/mol. The van der Waals surface area contributed by atoms with Crippen LogP contribution in [0.2, 0.25) is 0 Å². The minimum atomic E-state index is -0.527. The molecule has 0 spiro atoms. The van der Waals surface area contributed by atoms with Gasteiger partial charge in [-0.2, -0.15) is 5.26 Å². The van der Waals surface area contributed by atoms with Crippen molar-refractivity contribution in [3.8, 4) is 6.07 Å². The summed E-state index contributed by atoms with van der Waals surface area (Å²) >= 11 is 0. The van der Waals surface area contributed by atoms with Gasteiger partial charge in [0.15, 0.2) is 0 Å². The molecule has 154 valence electrons. The minimum Gasteiger partial charge on any atom is -0.378 e. The number of nitrogens with zero attached hydrogens (tertiary/aromatic N) is 2. The van der Waals surface area contributed by atoms with Crippen LogP contribution in [0.15, 0.2) is 60.3 Å². The van der Waals surface area contributed by atoms with Gasteiger partial charge < -0.3 is 25.6 Å². The van der Waals surface area contributed by atoms with Crippen molar-refractivity contribution in [1.29, 1.82) is 5.26 Å². The Morgan fingerprint density at radius 3 is 2.30 bits per heavy atom. The Hall–Kier alpha value is -3.83. The molecule has 1 heterocycles. The summed E-state index contributed by atoms with van der Waals surface area (Å²) in [6.45, 7) is 4.31. The zero-order chi connectivity index (χ0) is 21.3. The van der Waals surface area contributed by atoms with Crippen LogP contribution in [0.3, 0.4) is 0 Å². The van der Waals surface area contributed by atoms with Crippen LogP contribution in [0.25, 0.3) is 0 Å². The van der Waals surface area contributed by atoms with E-state index in [0.717, 1.165) is 24.5 Å². The first kappa shape index (κ1) is 20.9. The Kier molecular flexibility index (Phi) is 7.03. The fourth-order valence-corrected chi connectivity index (χ4v) is 3.01. The standard InChI is InChI=1S/C22H23N5O3/c1-16(28)25-18-6-8-19(9-7-18)26-22(29)17(14-23)15-24-20-4-2-3-5-21(20)27-10-12-30-13-11-27/h2-9,15,24H,10-13H2,1H3,(H,25,28)(H,26,29)/b17-15-. The summed E-state index contributed by atoms with van der Waals surface area (Å²) in [5.74, 6) is -0.703. The highest BCUT2D eigenvalue weighted by molar-refractivity contribution is 6.07. The number of carbonyl (C=O) groups excluding carboxylic acids is 2. The molecule has 0 bridgehead atoms. The molecule has 2 amide bonds. The lowest BCUT2D eigenvalue weighted by molar-refractivity contribution is -0.114. The van der Waals surface area contributed by atoms with Crippen LogP contribution >= 0.6 is 0 Å². The molecular weight excluding hydrogens is 382 g/mol. The number of hydrogen-bond donors (Lipinski definition) is 3. The minimum absolute atomic E-state index is 0.0577. The van der Waals surface area contributed by atoms with Gasteiger partial charge in [0.2, 0.25) is 5.91 Å². The smallest absolute Gasteiger partial charge is 0.267 e. The van der Waals surface area contributed by atoms with Gasteiger partial charge in [-0.3, -0.25) is 9.59 Å². The van der Waals surface area contributed by atoms with Crippen molar-refractivity contribution in [2.45, 2.75) is 6.92 Å². The molecule has 1 saturated heterocycles. The third-order valence-corrected chi connectivity index (χ3v) is 4.46. The van der Waals surface area contributed by atoms with Crippen LogP contribution in [0.1, 0.15) is 6.92 Å². The second-order valence-electron chi connectivity index (χ2n) is 6.64. The predicted octanol–water partition coefficient (Wildman–Crippen LogP) is 2.94. The molecule has 8 nitrogen and oxygen atoms in total. The Bertz CT molecular complexity index is 973. The SMILES string of the molecule is CC(=O)Nc1ccc(NC(=O)/C(C#N)=C\Nc2ccccc2N2CCOCC2)cc1. The number of benzene rings is 2. The van der Waals surface area contributed by atoms with Crippen LogP contribution < -0.4 is 20.9 Å². The average Bonchev–Trinajstić information content (AvgIpc) is 2.76. The second-order valence-corrected chi connectivity index (χ2v) is 6.64. The van der Waals surface area contributed by atoms with Crippen molar-refractivity contribution < 1.29 is 14.3 Å². The molecule has 8 heteroatoms. The van der Waals surface area contributed by atoms with E-state index < -0.39 is 5.91 Å². The van der Waals surface area contributed by atoms with Gasteiger partial charge in [-0.1, -0.05) is 12.1 Å². The van der Waals surface area contributed by atoms with Gasteiger partial charge in [-0.05, 0) is 36.4 Å². The molecular formula is C22H23N5O3. The largest absolute Gasteiger partial charge is 0.378 e. The summed E-state index contributed by atoms with van der Waals surface area (Å²) in [6, 6.07) is 16.3. The highest BCUT2D eigenvalue weighted by atomic mass is 16.5. The number of amides is 2. The first-order valence-corrected chi connectivity index (χ1v) is 9.54. The van der Waals surface area contributed by atoms with Crippen molar-refractivity contribution in [1.82, 2.24) is 0 Å². The predicted molar refractivity (Wildman–Crippen MR) is 116 cm³/mol. The molecule has 0 aliphatic carbocycles. The van der Waals surface area contributed by atoms with Crippen molar-refractivity contribution in [3.05, 3.63) is 60.3 Å². The number of hydrogen-bond acceptors (Lipinski definition) is 6. The number of ether oxygens (including phenoxy) is 1. The molecule has 0 saturated carbocycles. The molecule has 0 atom stereocenters. The second kappa shape index (κ2) is 10.1. The van der Waals surface area contributed by atoms with Crippen LogP contribution in [0.4, 0.5) is 22.7 Å². The molecule has 1 fully saturated rings. The summed E-state index contributed by atoms with van der Waals surface area (Å²) in [7, 11) is 0. The molecule has 3 rings (SSSR count). The molecule has 1 aliphatic heterocycles. The van der Waals surface area contributed by atoms with E-state index in [2.05, 4.69) is 20.9 Å². The number of para-hydroxylation sites is 2. The first-order chi connectivity index (χ1) is 14.6. The maximum atomic E-state index is 12.5. The van der Waals surface area contributed by atoms with Crippen molar-refractivity contribution in [2.24, 2.45) is 0 Å². The van der Waals surface area contributed by atoms with Gasteiger partial charge in [0, 0.05) is 37.6 Å². The quantitative estimate of drug-likeness (QED) is 0.504. The molecule has 3 N–H and O–H groups in total. The Morgan fingerprint density at radius 2 is 1.67 bits per heavy atom. The highest BCUT2D eigenvalue weighted by Crippen LogP contribution is 2.26. The average molecular weight is 405 g/mol. The Balaban J connectivity index is 1.68. The van der Waals surface area contributed by atoms with E-state index in [1.165, 1.54) is 13.1 Å². The zero-order valence-corrected chi connectivity index (χ0v) is 16.6. The van der Waals surface area contributed by atoms with Crippen LogP contribution in [0.5, 0.6) is 0 Å². The summed E-state index contributed by atoms with van der Waals surface area (Å²) < 4.78 is 5.40. The zero-order valence-electron chi connectivity index (χ0n) is 16.6. The summed E-state index contributed by atoms with van der Waals surface area (Å²) in [6.07, 6.45) is 1.40. The lowest BCUT2D eigenvalue weighted by Gasteiger charge is -2.30. The third kappa shape index (κ3) is 5.59. The van der Waals surface area contributed by atoms with E-state index in [-0.39, 0.29) is 11.5 Å². The molecule has 0 aromatic heterocycles. The van der Waals surface area contributed by atoms with Gasteiger partial charge in [-0.15, -0.1) is 0 Å². The van der Waals surface area contributed by atoms with Crippen LogP contribution in [0, 0.1) is 11.3 Å². The number of morpholine rings is 1. The van der Waals surface area contributed by atoms with E-state index in [0.29, 0.717) is 24.6 Å². The lowest BCUT2D eigenvalue weighted by Crippen LogP contribution is -2.36. The number of rotatable bonds is 6. The lowest BCUT2D eigenvalue weighted by atomic mass is 10.2. The molecule has 0 radical (unpaired) electrons. The molecule has 30 heavy (non-hydrogen) atoms. The maximum absolute atomic E-state index is 12.5. The van der Waals surface area contributed by atoms with E-state index in [9.17, 15) is 14.9 Å². The Labute approximate surface area is 175 Å². The topological polar surface area (TPSA) is 106 Å². The van der Waals surface area contributed by atoms with Gasteiger partial charge in [0.1, 0.15) is 11.6 Å². The summed E-state index contributed by atoms with van der Waals surface area (Å²) in [5, 5.41) is 17.8. The summed E-state index contributed by atoms with van der Waals surface area (Å²) in [4.78, 5) is 25.7. The van der Waals surface area contributed by atoms with Crippen molar-refractivity contribution in [3.63, 3.8) is 0 Å². The molecule has 2 aromatic rings. The third-order valence-electron chi connectivity index (χ3n) is 4.46. The first-order valence-electron chi connectivity index (χ1n) is 9.54. The highest BCUT2D eigenvalue weighted by Gasteiger charge is 2.15. The van der Waals surface area contributed by atoms with E-state index in [1.807, 2.05) is 30.3 Å². The van der Waals surface area contributed by atoms with Crippen LogP contribution in [-0.2, 0) is 14.3 Å². The number of carbonyl (C=O) groups is 2. The summed E-state index contributed by atoms with van der Waals surface area (Å²) in [5.41, 5.74) is 2.88. The van der Waals surface area contributed by atoms with Gasteiger partial charge in [0.25, 0.3) is 5.91 Å². The van der Waals surface area contributed by atoms with Gasteiger partial charge in [-0.25, -0.2) is 0 Å². The number of anilines is 4. The molecule has 0 unspecified atom stereocenters. The number of nitriles is 1. The van der Waals surface area contributed by atoms with Crippen molar-refractivity contribution >= 4 is 34.6 Å². The molecule has 1 aliphatic rings. The normalized spacial score (nSPS) is 13.9. The Morgan fingerprint density at radius 1 is 1.03 bits per heavy atom. The van der Waals surface area contributed by atoms with E-state index in [4.69, 9.17) is 4.74 Å². The van der Waals surface area contributed by atoms with Gasteiger partial charge in [0.05, 0.1) is 24.6 Å². The van der Waals surface area contributed by atoms with E-state index in [1.54, 1.807) is 24.3 Å². The number of nitrogens with one attached hydrogen (secondary N) is 3. The van der Waals surface area contributed by atoms with E-state index >= 15 is 0 Å².